The first-order valence-electron chi connectivity index (χ1n) is 9.31. The normalized spacial score (nSPS) is 13.7. The first kappa shape index (κ1) is 19.5. The number of benzene rings is 1. The number of hydrogen-bond acceptors (Lipinski definition) is 5. The Morgan fingerprint density at radius 3 is 2.78 bits per heavy atom. The lowest BCUT2D eigenvalue weighted by molar-refractivity contribution is 0.174. The highest BCUT2D eigenvalue weighted by Gasteiger charge is 2.17. The highest BCUT2D eigenvalue weighted by Crippen LogP contribution is 2.32. The van der Waals surface area contributed by atoms with Gasteiger partial charge in [0.15, 0.2) is 17.5 Å². The van der Waals surface area contributed by atoms with Crippen LogP contribution in [-0.4, -0.2) is 30.8 Å². The zero-order valence-corrected chi connectivity index (χ0v) is 17.3. The standard InChI is InChI=1S/C20H28N4O2S/c1-5-21-19(23-11-15-12-27-18(24-15)20(2,3)4)22-9-8-14-6-7-16-17(10-14)26-13-25-16/h6-7,10,12H,5,8-9,11,13H2,1-4H3,(H2,21,22,23). The van der Waals surface area contributed by atoms with Crippen LogP contribution in [-0.2, 0) is 18.4 Å². The fourth-order valence-corrected chi connectivity index (χ4v) is 3.55. The molecule has 2 aromatic rings. The van der Waals surface area contributed by atoms with E-state index in [0.717, 1.165) is 47.7 Å². The van der Waals surface area contributed by atoms with Crippen LogP contribution in [0.15, 0.2) is 28.6 Å². The second-order valence-corrected chi connectivity index (χ2v) is 8.31. The first-order valence-corrected chi connectivity index (χ1v) is 10.2. The van der Waals surface area contributed by atoms with E-state index in [1.807, 2.05) is 12.1 Å². The summed E-state index contributed by atoms with van der Waals surface area (Å²) in [5.74, 6) is 2.45. The summed E-state index contributed by atoms with van der Waals surface area (Å²) in [5, 5.41) is 9.92. The van der Waals surface area contributed by atoms with Crippen molar-refractivity contribution < 1.29 is 9.47 Å². The second-order valence-electron chi connectivity index (χ2n) is 7.45. The number of fused-ring (bicyclic) bond motifs is 1. The SMILES string of the molecule is CCNC(=NCc1csc(C(C)(C)C)n1)NCCc1ccc2c(c1)OCO2. The highest BCUT2D eigenvalue weighted by molar-refractivity contribution is 7.09. The van der Waals surface area contributed by atoms with Crippen LogP contribution in [0.5, 0.6) is 11.5 Å². The molecule has 1 aromatic carbocycles. The van der Waals surface area contributed by atoms with Gasteiger partial charge in [0.2, 0.25) is 6.79 Å². The average Bonchev–Trinajstić information content (AvgIpc) is 3.28. The summed E-state index contributed by atoms with van der Waals surface area (Å²) in [4.78, 5) is 9.37. The molecule has 0 aliphatic carbocycles. The second kappa shape index (κ2) is 8.61. The van der Waals surface area contributed by atoms with E-state index < -0.39 is 0 Å². The molecule has 0 spiro atoms. The summed E-state index contributed by atoms with van der Waals surface area (Å²) in [6, 6.07) is 6.08. The Bertz CT molecular complexity index is 796. The minimum absolute atomic E-state index is 0.0833. The Balaban J connectivity index is 1.54. The molecule has 27 heavy (non-hydrogen) atoms. The van der Waals surface area contributed by atoms with Gasteiger partial charge in [-0.15, -0.1) is 11.3 Å². The van der Waals surface area contributed by atoms with Gasteiger partial charge in [-0.3, -0.25) is 0 Å². The zero-order chi connectivity index (χ0) is 19.3. The molecule has 1 aliphatic rings. The molecule has 0 saturated carbocycles. The van der Waals surface area contributed by atoms with Gasteiger partial charge in [0, 0.05) is 23.9 Å². The maximum atomic E-state index is 5.43. The molecule has 0 bridgehead atoms. The number of guanidine groups is 1. The number of hydrogen-bond donors (Lipinski definition) is 2. The van der Waals surface area contributed by atoms with E-state index in [0.29, 0.717) is 13.3 Å². The van der Waals surface area contributed by atoms with Crippen molar-refractivity contribution in [3.63, 3.8) is 0 Å². The molecule has 1 aliphatic heterocycles. The van der Waals surface area contributed by atoms with Gasteiger partial charge in [0.1, 0.15) is 0 Å². The van der Waals surface area contributed by atoms with Crippen molar-refractivity contribution >= 4 is 17.3 Å². The van der Waals surface area contributed by atoms with Crippen LogP contribution in [0.1, 0.15) is 44.0 Å². The lowest BCUT2D eigenvalue weighted by Crippen LogP contribution is -2.38. The molecule has 7 heteroatoms. The van der Waals surface area contributed by atoms with Crippen LogP contribution in [0.3, 0.4) is 0 Å². The van der Waals surface area contributed by atoms with Crippen LogP contribution in [0.4, 0.5) is 0 Å². The van der Waals surface area contributed by atoms with Gasteiger partial charge in [-0.1, -0.05) is 26.8 Å². The Kier molecular flexibility index (Phi) is 6.21. The number of ether oxygens (including phenoxy) is 2. The number of aromatic nitrogens is 1. The number of thiazole rings is 1. The third-order valence-electron chi connectivity index (χ3n) is 4.08. The van der Waals surface area contributed by atoms with Crippen molar-refractivity contribution in [1.82, 2.24) is 15.6 Å². The monoisotopic (exact) mass is 388 g/mol. The lowest BCUT2D eigenvalue weighted by atomic mass is 9.98. The van der Waals surface area contributed by atoms with Gasteiger partial charge in [0.25, 0.3) is 0 Å². The van der Waals surface area contributed by atoms with Crippen LogP contribution in [0.25, 0.3) is 0 Å². The Morgan fingerprint density at radius 1 is 1.22 bits per heavy atom. The molecule has 2 heterocycles. The first-order chi connectivity index (χ1) is 13.0. The maximum absolute atomic E-state index is 5.43. The van der Waals surface area contributed by atoms with Gasteiger partial charge in [-0.05, 0) is 31.0 Å². The molecule has 0 atom stereocenters. The number of aliphatic imine (C=N–C) groups is 1. The molecule has 6 nitrogen and oxygen atoms in total. The number of nitrogens with zero attached hydrogens (tertiary/aromatic N) is 2. The van der Waals surface area contributed by atoms with E-state index in [9.17, 15) is 0 Å². The van der Waals surface area contributed by atoms with Gasteiger partial charge >= 0.3 is 0 Å². The Labute approximate surface area is 165 Å². The molecule has 3 rings (SSSR count). The summed E-state index contributed by atoms with van der Waals surface area (Å²) < 4.78 is 10.8. The molecular weight excluding hydrogens is 360 g/mol. The zero-order valence-electron chi connectivity index (χ0n) is 16.5. The smallest absolute Gasteiger partial charge is 0.231 e. The van der Waals surface area contributed by atoms with Crippen molar-refractivity contribution in [3.8, 4) is 11.5 Å². The fourth-order valence-electron chi connectivity index (χ4n) is 2.65. The minimum atomic E-state index is 0.0833. The van der Waals surface area contributed by atoms with Crippen LogP contribution >= 0.6 is 11.3 Å². The average molecular weight is 389 g/mol. The molecule has 0 unspecified atom stereocenters. The Hall–Kier alpha value is -2.28. The van der Waals surface area contributed by atoms with Crippen molar-refractivity contribution in [3.05, 3.63) is 39.8 Å². The lowest BCUT2D eigenvalue weighted by Gasteiger charge is -2.13. The summed E-state index contributed by atoms with van der Waals surface area (Å²) in [6.45, 7) is 11.1. The molecule has 0 amide bonds. The van der Waals surface area contributed by atoms with Crippen molar-refractivity contribution in [2.75, 3.05) is 19.9 Å². The molecule has 146 valence electrons. The summed E-state index contributed by atoms with van der Waals surface area (Å²) >= 11 is 1.70. The maximum Gasteiger partial charge on any atom is 0.231 e. The van der Waals surface area contributed by atoms with E-state index in [4.69, 9.17) is 14.5 Å². The predicted molar refractivity (Wildman–Crippen MR) is 110 cm³/mol. The molecule has 0 fully saturated rings. The summed E-state index contributed by atoms with van der Waals surface area (Å²) in [7, 11) is 0. The van der Waals surface area contributed by atoms with Gasteiger partial charge in [-0.2, -0.15) is 0 Å². The van der Waals surface area contributed by atoms with Gasteiger partial charge in [-0.25, -0.2) is 9.98 Å². The molecule has 1 aromatic heterocycles. The van der Waals surface area contributed by atoms with E-state index in [2.05, 4.69) is 54.8 Å². The van der Waals surface area contributed by atoms with E-state index >= 15 is 0 Å². The number of rotatable bonds is 6. The van der Waals surface area contributed by atoms with E-state index in [1.165, 1.54) is 5.56 Å². The van der Waals surface area contributed by atoms with Crippen LogP contribution in [0.2, 0.25) is 0 Å². The predicted octanol–water partition coefficient (Wildman–Crippen LogP) is 3.47. The van der Waals surface area contributed by atoms with Gasteiger partial charge in [0.05, 0.1) is 17.2 Å². The van der Waals surface area contributed by atoms with Crippen molar-refractivity contribution in [1.29, 1.82) is 0 Å². The molecule has 0 saturated heterocycles. The fraction of sp³-hybridized carbons (Fsp3) is 0.500. The summed E-state index contributed by atoms with van der Waals surface area (Å²) in [5.41, 5.74) is 2.30. The summed E-state index contributed by atoms with van der Waals surface area (Å²) in [6.07, 6.45) is 0.881. The van der Waals surface area contributed by atoms with Gasteiger partial charge < -0.3 is 20.1 Å². The van der Waals surface area contributed by atoms with Crippen molar-refractivity contribution in [2.45, 2.75) is 46.1 Å². The minimum Gasteiger partial charge on any atom is -0.454 e. The third-order valence-corrected chi connectivity index (χ3v) is 5.40. The molecule has 0 radical (unpaired) electrons. The van der Waals surface area contributed by atoms with Crippen LogP contribution < -0.4 is 20.1 Å². The van der Waals surface area contributed by atoms with E-state index in [-0.39, 0.29) is 5.41 Å². The Morgan fingerprint density at radius 2 is 2.04 bits per heavy atom. The molecular formula is C20H28N4O2S. The highest BCUT2D eigenvalue weighted by atomic mass is 32.1. The van der Waals surface area contributed by atoms with Crippen LogP contribution in [0, 0.1) is 0 Å². The molecule has 2 N–H and O–H groups in total. The van der Waals surface area contributed by atoms with E-state index in [1.54, 1.807) is 11.3 Å². The topological polar surface area (TPSA) is 67.8 Å². The largest absolute Gasteiger partial charge is 0.454 e. The third kappa shape index (κ3) is 5.35. The number of nitrogens with one attached hydrogen (secondary N) is 2. The van der Waals surface area contributed by atoms with Crippen molar-refractivity contribution in [2.24, 2.45) is 4.99 Å². The quantitative estimate of drug-likeness (QED) is 0.586.